The maximum Gasteiger partial charge on any atom is 0.265 e. The Kier molecular flexibility index (Phi) is 8.06. The molecular formula is C30H22Cl2N2O5S2. The lowest BCUT2D eigenvalue weighted by Gasteiger charge is -2.20. The molecule has 0 radical (unpaired) electrons. The number of methoxy groups -OCH3 is 1. The minimum Gasteiger partial charge on any atom is -0.495 e. The van der Waals surface area contributed by atoms with E-state index in [1.807, 2.05) is 6.07 Å². The van der Waals surface area contributed by atoms with Gasteiger partial charge in [-0.25, -0.2) is 8.42 Å². The number of ether oxygens (including phenoxy) is 1. The van der Waals surface area contributed by atoms with E-state index in [2.05, 4.69) is 5.32 Å². The number of hydrogen-bond acceptors (Lipinski definition) is 6. The molecule has 1 aromatic heterocycles. The highest BCUT2D eigenvalue weighted by molar-refractivity contribution is 7.92. The van der Waals surface area contributed by atoms with Crippen LogP contribution < -0.4 is 14.4 Å². The van der Waals surface area contributed by atoms with Crippen LogP contribution in [-0.4, -0.2) is 34.3 Å². The van der Waals surface area contributed by atoms with Crippen LogP contribution in [0, 0.1) is 0 Å². The number of carbonyl (C=O) groups excluding carboxylic acids is 2. The molecule has 0 saturated heterocycles. The lowest BCUT2D eigenvalue weighted by atomic mass is 10.0. The van der Waals surface area contributed by atoms with E-state index in [9.17, 15) is 18.0 Å². The number of nitrogens with one attached hydrogen (secondary N) is 1. The number of halogens is 2. The maximum atomic E-state index is 13.3. The van der Waals surface area contributed by atoms with Crippen LogP contribution in [0.3, 0.4) is 0 Å². The minimum absolute atomic E-state index is 0.0140. The van der Waals surface area contributed by atoms with Gasteiger partial charge in [0.1, 0.15) is 5.75 Å². The van der Waals surface area contributed by atoms with Crippen molar-refractivity contribution >= 4 is 77.7 Å². The molecule has 4 aromatic carbocycles. The van der Waals surface area contributed by atoms with Crippen molar-refractivity contribution in [1.29, 1.82) is 0 Å². The van der Waals surface area contributed by atoms with Gasteiger partial charge in [-0.3, -0.25) is 13.9 Å². The molecule has 0 aliphatic heterocycles. The molecular weight excluding hydrogens is 603 g/mol. The fraction of sp³-hybridized carbons (Fsp3) is 0.0667. The summed E-state index contributed by atoms with van der Waals surface area (Å²) in [6.45, 7) is 0. The monoisotopic (exact) mass is 624 g/mol. The van der Waals surface area contributed by atoms with E-state index in [1.165, 1.54) is 49.8 Å². The Morgan fingerprint density at radius 1 is 0.902 bits per heavy atom. The molecule has 7 nitrogen and oxygen atoms in total. The average Bonchev–Trinajstić information content (AvgIpc) is 3.41. The van der Waals surface area contributed by atoms with Crippen LogP contribution >= 0.6 is 34.5 Å². The summed E-state index contributed by atoms with van der Waals surface area (Å²) < 4.78 is 33.6. The minimum atomic E-state index is -3.92. The van der Waals surface area contributed by atoms with Gasteiger partial charge in [0.05, 0.1) is 33.3 Å². The Hall–Kier alpha value is -3.89. The molecule has 5 aromatic rings. The van der Waals surface area contributed by atoms with Crippen molar-refractivity contribution in [1.82, 2.24) is 0 Å². The second-order valence-corrected chi connectivity index (χ2v) is 12.8. The molecule has 0 saturated carbocycles. The van der Waals surface area contributed by atoms with E-state index >= 15 is 0 Å². The topological polar surface area (TPSA) is 92.8 Å². The first-order chi connectivity index (χ1) is 19.6. The van der Waals surface area contributed by atoms with Crippen molar-refractivity contribution < 1.29 is 22.7 Å². The fourth-order valence-electron chi connectivity index (χ4n) is 4.19. The van der Waals surface area contributed by atoms with E-state index < -0.39 is 15.9 Å². The van der Waals surface area contributed by atoms with Crippen molar-refractivity contribution in [3.63, 3.8) is 0 Å². The third kappa shape index (κ3) is 5.80. The van der Waals surface area contributed by atoms with E-state index in [-0.39, 0.29) is 21.3 Å². The Balaban J connectivity index is 1.41. The maximum absolute atomic E-state index is 13.3. The van der Waals surface area contributed by atoms with Gasteiger partial charge >= 0.3 is 0 Å². The average molecular weight is 626 g/mol. The third-order valence-electron chi connectivity index (χ3n) is 6.38. The number of amides is 1. The molecule has 41 heavy (non-hydrogen) atoms. The van der Waals surface area contributed by atoms with Crippen LogP contribution in [0.5, 0.6) is 5.75 Å². The van der Waals surface area contributed by atoms with Gasteiger partial charge in [0.2, 0.25) is 0 Å². The Morgan fingerprint density at radius 2 is 1.66 bits per heavy atom. The Labute approximate surface area is 250 Å². The van der Waals surface area contributed by atoms with Gasteiger partial charge in [-0.05, 0) is 66.0 Å². The van der Waals surface area contributed by atoms with Gasteiger partial charge in [-0.15, -0.1) is 11.3 Å². The van der Waals surface area contributed by atoms with Crippen molar-refractivity contribution in [2.45, 2.75) is 4.90 Å². The summed E-state index contributed by atoms with van der Waals surface area (Å²) in [5, 5.41) is 4.06. The second-order valence-electron chi connectivity index (χ2n) is 8.94. The van der Waals surface area contributed by atoms with E-state index in [0.717, 1.165) is 9.01 Å². The van der Waals surface area contributed by atoms with Crippen molar-refractivity contribution in [3.8, 4) is 5.75 Å². The zero-order valence-electron chi connectivity index (χ0n) is 21.7. The van der Waals surface area contributed by atoms with E-state index in [4.69, 9.17) is 27.9 Å². The van der Waals surface area contributed by atoms with Crippen LogP contribution in [0.15, 0.2) is 95.9 Å². The first-order valence-electron chi connectivity index (χ1n) is 12.1. The molecule has 0 unspecified atom stereocenters. The predicted octanol–water partition coefficient (Wildman–Crippen LogP) is 7.53. The van der Waals surface area contributed by atoms with Gasteiger partial charge < -0.3 is 10.1 Å². The van der Waals surface area contributed by atoms with Crippen LogP contribution in [0.25, 0.3) is 10.1 Å². The molecule has 208 valence electrons. The standard InChI is InChI=1S/C30H22Cl2N2O5S2/c1-34(41(37,38)22-10-12-26(39-2)24(32)17-22)21-9-13-27-19(14-21)15-28(40-27)30(36)33-25-11-8-20(31)16-23(25)29(35)18-6-4-3-5-7-18/h3-17H,1-2H3,(H,33,36). The summed E-state index contributed by atoms with van der Waals surface area (Å²) in [6.07, 6.45) is 0. The van der Waals surface area contributed by atoms with Crippen molar-refractivity contribution in [3.05, 3.63) is 117 Å². The van der Waals surface area contributed by atoms with Crippen LogP contribution in [0.4, 0.5) is 11.4 Å². The molecule has 1 amide bonds. The molecule has 5 rings (SSSR count). The number of thiophene rings is 1. The summed E-state index contributed by atoms with van der Waals surface area (Å²) in [5.74, 6) is -0.313. The van der Waals surface area contributed by atoms with Crippen LogP contribution in [0.2, 0.25) is 10.0 Å². The number of rotatable bonds is 8. The first kappa shape index (κ1) is 28.6. The predicted molar refractivity (Wildman–Crippen MR) is 165 cm³/mol. The first-order valence-corrected chi connectivity index (χ1v) is 15.2. The highest BCUT2D eigenvalue weighted by atomic mass is 35.5. The normalized spacial score (nSPS) is 11.3. The number of hydrogen-bond donors (Lipinski definition) is 1. The zero-order valence-corrected chi connectivity index (χ0v) is 24.9. The van der Waals surface area contributed by atoms with Gasteiger partial charge in [0.15, 0.2) is 5.78 Å². The van der Waals surface area contributed by atoms with Gasteiger partial charge in [-0.2, -0.15) is 0 Å². The third-order valence-corrected chi connectivity index (χ3v) is 9.81. The number of anilines is 2. The largest absolute Gasteiger partial charge is 0.495 e. The highest BCUT2D eigenvalue weighted by Crippen LogP contribution is 2.34. The highest BCUT2D eigenvalue weighted by Gasteiger charge is 2.24. The zero-order chi connectivity index (χ0) is 29.3. The Morgan fingerprint density at radius 3 is 2.37 bits per heavy atom. The molecule has 1 heterocycles. The summed E-state index contributed by atoms with van der Waals surface area (Å²) in [5.41, 5.74) is 1.47. The van der Waals surface area contributed by atoms with E-state index in [1.54, 1.807) is 60.7 Å². The van der Waals surface area contributed by atoms with Crippen LogP contribution in [-0.2, 0) is 10.0 Å². The summed E-state index contributed by atoms with van der Waals surface area (Å²) >= 11 is 13.6. The molecule has 0 aliphatic carbocycles. The number of carbonyl (C=O) groups is 2. The quantitative estimate of drug-likeness (QED) is 0.180. The van der Waals surface area contributed by atoms with Crippen molar-refractivity contribution in [2.75, 3.05) is 23.8 Å². The fourth-order valence-corrected chi connectivity index (χ4v) is 6.83. The molecule has 0 bridgehead atoms. The summed E-state index contributed by atoms with van der Waals surface area (Å²) in [6, 6.07) is 24.5. The summed E-state index contributed by atoms with van der Waals surface area (Å²) in [4.78, 5) is 26.8. The number of sulfonamides is 1. The molecule has 0 spiro atoms. The molecule has 0 fully saturated rings. The van der Waals surface area contributed by atoms with Gasteiger partial charge in [0, 0.05) is 27.9 Å². The number of ketones is 1. The lowest BCUT2D eigenvalue weighted by molar-refractivity contribution is 0.103. The second kappa shape index (κ2) is 11.5. The number of fused-ring (bicyclic) bond motifs is 1. The number of benzene rings is 4. The van der Waals surface area contributed by atoms with Gasteiger partial charge in [-0.1, -0.05) is 53.5 Å². The van der Waals surface area contributed by atoms with Crippen molar-refractivity contribution in [2.24, 2.45) is 0 Å². The molecule has 0 atom stereocenters. The number of nitrogens with zero attached hydrogens (tertiary/aromatic N) is 1. The molecule has 1 N–H and O–H groups in total. The smallest absolute Gasteiger partial charge is 0.265 e. The molecule has 0 aliphatic rings. The van der Waals surface area contributed by atoms with Crippen LogP contribution in [0.1, 0.15) is 25.6 Å². The lowest BCUT2D eigenvalue weighted by Crippen LogP contribution is -2.26. The van der Waals surface area contributed by atoms with Gasteiger partial charge in [0.25, 0.3) is 15.9 Å². The molecule has 11 heteroatoms. The van der Waals surface area contributed by atoms with E-state index in [0.29, 0.717) is 38.0 Å². The Bertz CT molecular complexity index is 1910. The summed E-state index contributed by atoms with van der Waals surface area (Å²) in [7, 11) is -1.03. The SMILES string of the molecule is COc1ccc(S(=O)(=O)N(C)c2ccc3sc(C(=O)Nc4ccc(Cl)cc4C(=O)c4ccccc4)cc3c2)cc1Cl.